The van der Waals surface area contributed by atoms with Crippen molar-refractivity contribution in [2.75, 3.05) is 6.54 Å². The van der Waals surface area contributed by atoms with Crippen molar-refractivity contribution in [2.45, 2.75) is 6.42 Å². The fourth-order valence-corrected chi connectivity index (χ4v) is 2.16. The number of rotatable bonds is 4. The monoisotopic (exact) mass is 269 g/mol. The Bertz CT molecular complexity index is 743. The van der Waals surface area contributed by atoms with Gasteiger partial charge in [-0.2, -0.15) is 5.10 Å². The molecule has 0 aliphatic carbocycles. The molecule has 0 spiro atoms. The van der Waals surface area contributed by atoms with Crippen molar-refractivity contribution in [1.29, 1.82) is 0 Å². The molecule has 1 amide bonds. The number of benzene rings is 1. The molecule has 0 saturated carbocycles. The van der Waals surface area contributed by atoms with E-state index in [1.807, 2.05) is 37.5 Å². The number of hydrogen-bond acceptors (Lipinski definition) is 3. The molecule has 2 aromatic heterocycles. The number of hydrogen-bond donors (Lipinski definition) is 2. The molecule has 6 heteroatoms. The quantitative estimate of drug-likeness (QED) is 0.749. The van der Waals surface area contributed by atoms with Gasteiger partial charge in [0.2, 0.25) is 0 Å². The molecule has 0 atom stereocenters. The third-order valence-corrected chi connectivity index (χ3v) is 3.11. The van der Waals surface area contributed by atoms with E-state index in [0.29, 0.717) is 18.5 Å². The second-order valence-corrected chi connectivity index (χ2v) is 4.59. The van der Waals surface area contributed by atoms with E-state index in [4.69, 9.17) is 0 Å². The van der Waals surface area contributed by atoms with Crippen LogP contribution in [0.25, 0.3) is 10.9 Å². The lowest BCUT2D eigenvalue weighted by Gasteiger charge is -2.05. The van der Waals surface area contributed by atoms with E-state index >= 15 is 0 Å². The third-order valence-electron chi connectivity index (χ3n) is 3.11. The van der Waals surface area contributed by atoms with Crippen molar-refractivity contribution in [1.82, 2.24) is 25.1 Å². The average molecular weight is 269 g/mol. The summed E-state index contributed by atoms with van der Waals surface area (Å²) in [6.07, 6.45) is 4.10. The molecule has 0 bridgehead atoms. The highest BCUT2D eigenvalue weighted by Gasteiger charge is 2.10. The van der Waals surface area contributed by atoms with E-state index in [9.17, 15) is 4.79 Å². The summed E-state index contributed by atoms with van der Waals surface area (Å²) in [6, 6.07) is 7.61. The predicted molar refractivity (Wildman–Crippen MR) is 75.3 cm³/mol. The smallest absolute Gasteiger partial charge is 0.253 e. The van der Waals surface area contributed by atoms with Crippen molar-refractivity contribution in [3.05, 3.63) is 48.2 Å². The molecule has 20 heavy (non-hydrogen) atoms. The minimum Gasteiger partial charge on any atom is -0.361 e. The molecule has 0 fully saturated rings. The van der Waals surface area contributed by atoms with Crippen molar-refractivity contribution in [2.24, 2.45) is 7.05 Å². The number of H-pyrrole nitrogens is 1. The molecular weight excluding hydrogens is 254 g/mol. The van der Waals surface area contributed by atoms with Gasteiger partial charge in [-0.15, -0.1) is 0 Å². The largest absolute Gasteiger partial charge is 0.361 e. The average Bonchev–Trinajstić information content (AvgIpc) is 3.06. The zero-order valence-electron chi connectivity index (χ0n) is 11.1. The van der Waals surface area contributed by atoms with Gasteiger partial charge in [0.25, 0.3) is 5.91 Å². The van der Waals surface area contributed by atoms with Gasteiger partial charge in [-0.05, 0) is 12.1 Å². The number of nitrogens with one attached hydrogen (secondary N) is 2. The first kappa shape index (κ1) is 12.4. The Morgan fingerprint density at radius 1 is 1.40 bits per heavy atom. The third kappa shape index (κ3) is 2.40. The summed E-state index contributed by atoms with van der Waals surface area (Å²) in [4.78, 5) is 19.4. The number of fused-ring (bicyclic) bond motifs is 1. The Morgan fingerprint density at radius 3 is 3.10 bits per heavy atom. The lowest BCUT2D eigenvalue weighted by atomic mass is 10.1. The van der Waals surface area contributed by atoms with Crippen LogP contribution in [0.5, 0.6) is 0 Å². The molecule has 0 saturated heterocycles. The summed E-state index contributed by atoms with van der Waals surface area (Å²) in [5.74, 6) is 0.639. The Balaban J connectivity index is 1.66. The molecule has 3 aromatic rings. The van der Waals surface area contributed by atoms with Gasteiger partial charge in [0.1, 0.15) is 6.33 Å². The summed E-state index contributed by atoms with van der Waals surface area (Å²) in [6.45, 7) is 0.514. The van der Waals surface area contributed by atoms with Crippen LogP contribution in [0.15, 0.2) is 36.8 Å². The molecule has 3 rings (SSSR count). The SMILES string of the molecule is Cn1cnc(CCNC(=O)c2cccc3cc[nH]c23)n1. The van der Waals surface area contributed by atoms with Gasteiger partial charge in [0.15, 0.2) is 5.82 Å². The summed E-state index contributed by atoms with van der Waals surface area (Å²) < 4.78 is 1.65. The number of aromatic nitrogens is 4. The van der Waals surface area contributed by atoms with Crippen molar-refractivity contribution in [3.8, 4) is 0 Å². The number of aryl methyl sites for hydroxylation is 1. The molecular formula is C14H15N5O. The lowest BCUT2D eigenvalue weighted by Crippen LogP contribution is -2.26. The Labute approximate surface area is 115 Å². The Hall–Kier alpha value is -2.63. The molecule has 0 radical (unpaired) electrons. The molecule has 102 valence electrons. The summed E-state index contributed by atoms with van der Waals surface area (Å²) in [5.41, 5.74) is 1.52. The van der Waals surface area contributed by atoms with E-state index in [1.54, 1.807) is 11.0 Å². The first-order chi connectivity index (χ1) is 9.74. The number of amides is 1. The van der Waals surface area contributed by atoms with Crippen LogP contribution in [0.2, 0.25) is 0 Å². The maximum absolute atomic E-state index is 12.2. The van der Waals surface area contributed by atoms with Crippen LogP contribution in [0.3, 0.4) is 0 Å². The Kier molecular flexibility index (Phi) is 3.20. The highest BCUT2D eigenvalue weighted by molar-refractivity contribution is 6.05. The van der Waals surface area contributed by atoms with E-state index in [1.165, 1.54) is 0 Å². The van der Waals surface area contributed by atoms with Crippen LogP contribution in [0, 0.1) is 0 Å². The van der Waals surface area contributed by atoms with Gasteiger partial charge < -0.3 is 10.3 Å². The van der Waals surface area contributed by atoms with E-state index < -0.39 is 0 Å². The van der Waals surface area contributed by atoms with Crippen LogP contribution in [-0.2, 0) is 13.5 Å². The maximum atomic E-state index is 12.2. The van der Waals surface area contributed by atoms with Crippen LogP contribution < -0.4 is 5.32 Å². The van der Waals surface area contributed by atoms with Crippen LogP contribution in [0.4, 0.5) is 0 Å². The number of nitrogens with zero attached hydrogens (tertiary/aromatic N) is 3. The first-order valence-corrected chi connectivity index (χ1v) is 6.43. The highest BCUT2D eigenvalue weighted by atomic mass is 16.1. The molecule has 0 aliphatic rings. The summed E-state index contributed by atoms with van der Waals surface area (Å²) in [7, 11) is 1.82. The minimum absolute atomic E-state index is 0.0889. The van der Waals surface area contributed by atoms with E-state index in [2.05, 4.69) is 20.4 Å². The van der Waals surface area contributed by atoms with Crippen molar-refractivity contribution < 1.29 is 4.79 Å². The molecule has 1 aromatic carbocycles. The zero-order chi connectivity index (χ0) is 13.9. The number of para-hydroxylation sites is 1. The van der Waals surface area contributed by atoms with Gasteiger partial charge in [-0.1, -0.05) is 12.1 Å². The second kappa shape index (κ2) is 5.16. The van der Waals surface area contributed by atoms with Gasteiger partial charge in [0.05, 0.1) is 11.1 Å². The number of carbonyl (C=O) groups excluding carboxylic acids is 1. The van der Waals surface area contributed by atoms with Gasteiger partial charge >= 0.3 is 0 Å². The first-order valence-electron chi connectivity index (χ1n) is 6.43. The lowest BCUT2D eigenvalue weighted by molar-refractivity contribution is 0.0955. The zero-order valence-corrected chi connectivity index (χ0v) is 11.1. The highest BCUT2D eigenvalue weighted by Crippen LogP contribution is 2.16. The van der Waals surface area contributed by atoms with Gasteiger partial charge in [0, 0.05) is 31.6 Å². The van der Waals surface area contributed by atoms with Crippen molar-refractivity contribution in [3.63, 3.8) is 0 Å². The number of carbonyl (C=O) groups is 1. The fourth-order valence-electron chi connectivity index (χ4n) is 2.16. The van der Waals surface area contributed by atoms with Gasteiger partial charge in [-0.25, -0.2) is 4.98 Å². The summed E-state index contributed by atoms with van der Waals surface area (Å²) in [5, 5.41) is 8.09. The topological polar surface area (TPSA) is 75.6 Å². The van der Waals surface area contributed by atoms with Crippen LogP contribution in [-0.4, -0.2) is 32.2 Å². The van der Waals surface area contributed by atoms with Crippen molar-refractivity contribution >= 4 is 16.8 Å². The molecule has 0 unspecified atom stereocenters. The fraction of sp³-hybridized carbons (Fsp3) is 0.214. The van der Waals surface area contributed by atoms with Gasteiger partial charge in [-0.3, -0.25) is 9.48 Å². The second-order valence-electron chi connectivity index (χ2n) is 4.59. The molecule has 2 heterocycles. The van der Waals surface area contributed by atoms with E-state index in [-0.39, 0.29) is 5.91 Å². The maximum Gasteiger partial charge on any atom is 0.253 e. The van der Waals surface area contributed by atoms with E-state index in [0.717, 1.165) is 16.7 Å². The molecule has 0 aliphatic heterocycles. The number of aromatic amines is 1. The van der Waals surface area contributed by atoms with Crippen LogP contribution in [0.1, 0.15) is 16.2 Å². The normalized spacial score (nSPS) is 10.8. The predicted octanol–water partition coefficient (Wildman–Crippen LogP) is 1.27. The molecule has 6 nitrogen and oxygen atoms in total. The summed E-state index contributed by atoms with van der Waals surface area (Å²) >= 11 is 0. The standard InChI is InChI=1S/C14H15N5O/c1-19-9-17-12(18-19)6-8-16-14(20)11-4-2-3-10-5-7-15-13(10)11/h2-5,7,9,15H,6,8H2,1H3,(H,16,20). The molecule has 2 N–H and O–H groups in total. The minimum atomic E-state index is -0.0889. The van der Waals surface area contributed by atoms with Crippen LogP contribution >= 0.6 is 0 Å². The Morgan fingerprint density at radius 2 is 2.30 bits per heavy atom.